The first-order valence-corrected chi connectivity index (χ1v) is 8.85. The first-order valence-electron chi connectivity index (χ1n) is 7.09. The molecule has 0 aliphatic carbocycles. The van der Waals surface area contributed by atoms with Gasteiger partial charge in [0.15, 0.2) is 5.82 Å². The van der Waals surface area contributed by atoms with E-state index in [-0.39, 0.29) is 11.2 Å². The van der Waals surface area contributed by atoms with Crippen LogP contribution in [0.25, 0.3) is 10.7 Å². The van der Waals surface area contributed by atoms with Gasteiger partial charge in [0.2, 0.25) is 11.1 Å². The molecule has 0 fully saturated rings. The zero-order valence-corrected chi connectivity index (χ0v) is 14.3. The van der Waals surface area contributed by atoms with Crippen molar-refractivity contribution in [1.82, 2.24) is 15.2 Å². The van der Waals surface area contributed by atoms with Gasteiger partial charge in [-0.25, -0.2) is 4.98 Å². The van der Waals surface area contributed by atoms with E-state index in [1.165, 1.54) is 11.8 Å². The molecular formula is C16H13N5OS2. The molecule has 8 heteroatoms. The van der Waals surface area contributed by atoms with Gasteiger partial charge in [-0.2, -0.15) is 5.26 Å². The van der Waals surface area contributed by atoms with Gasteiger partial charge in [-0.15, -0.1) is 16.4 Å². The molecule has 1 atom stereocenters. The van der Waals surface area contributed by atoms with Gasteiger partial charge in [0.1, 0.15) is 0 Å². The second-order valence-electron chi connectivity index (χ2n) is 4.89. The SMILES string of the molecule is C[C@H](Sc1n[nH]c(-c2cccs2)n1)C(=O)Nc1cccc(C#N)c1. The van der Waals surface area contributed by atoms with Crippen LogP contribution < -0.4 is 5.32 Å². The highest BCUT2D eigenvalue weighted by Gasteiger charge is 2.18. The van der Waals surface area contributed by atoms with Crippen LogP contribution in [-0.4, -0.2) is 26.3 Å². The Balaban J connectivity index is 1.63. The van der Waals surface area contributed by atoms with Gasteiger partial charge in [0, 0.05) is 5.69 Å². The number of benzene rings is 1. The average molecular weight is 355 g/mol. The fraction of sp³-hybridized carbons (Fsp3) is 0.125. The van der Waals surface area contributed by atoms with E-state index >= 15 is 0 Å². The minimum absolute atomic E-state index is 0.169. The Labute approximate surface area is 146 Å². The summed E-state index contributed by atoms with van der Waals surface area (Å²) in [5, 5.41) is 20.8. The Bertz CT molecular complexity index is 882. The predicted molar refractivity (Wildman–Crippen MR) is 94.8 cm³/mol. The minimum atomic E-state index is -0.372. The number of amides is 1. The quantitative estimate of drug-likeness (QED) is 0.683. The molecule has 2 heterocycles. The minimum Gasteiger partial charge on any atom is -0.325 e. The Hall–Kier alpha value is -2.63. The van der Waals surface area contributed by atoms with Crippen LogP contribution in [0.5, 0.6) is 0 Å². The molecule has 2 N–H and O–H groups in total. The number of aromatic nitrogens is 3. The summed E-state index contributed by atoms with van der Waals surface area (Å²) >= 11 is 2.84. The molecule has 0 saturated carbocycles. The number of rotatable bonds is 5. The van der Waals surface area contributed by atoms with Gasteiger partial charge >= 0.3 is 0 Å². The maximum atomic E-state index is 12.3. The van der Waals surface area contributed by atoms with E-state index in [1.54, 1.807) is 42.5 Å². The normalized spacial score (nSPS) is 11.7. The molecule has 3 aromatic rings. The van der Waals surface area contributed by atoms with Crippen LogP contribution in [0, 0.1) is 11.3 Å². The van der Waals surface area contributed by atoms with Gasteiger partial charge in [-0.3, -0.25) is 9.89 Å². The fourth-order valence-electron chi connectivity index (χ4n) is 1.94. The predicted octanol–water partition coefficient (Wildman–Crippen LogP) is 3.52. The van der Waals surface area contributed by atoms with Crippen LogP contribution in [0.15, 0.2) is 46.9 Å². The smallest absolute Gasteiger partial charge is 0.237 e. The number of thioether (sulfide) groups is 1. The van der Waals surface area contributed by atoms with Gasteiger partial charge in [-0.05, 0) is 36.6 Å². The first kappa shape index (κ1) is 16.2. The third-order valence-corrected chi connectivity index (χ3v) is 4.97. The summed E-state index contributed by atoms with van der Waals surface area (Å²) in [6.07, 6.45) is 0. The highest BCUT2D eigenvalue weighted by Crippen LogP contribution is 2.25. The van der Waals surface area contributed by atoms with E-state index in [2.05, 4.69) is 20.5 Å². The van der Waals surface area contributed by atoms with Crippen molar-refractivity contribution in [2.75, 3.05) is 5.32 Å². The standard InChI is InChI=1S/C16H13N5OS2/c1-10(15(22)18-12-5-2-4-11(8-12)9-17)24-16-19-14(20-21-16)13-6-3-7-23-13/h2-8,10H,1H3,(H,18,22)(H,19,20,21)/t10-/m0/s1. The van der Waals surface area contributed by atoms with E-state index in [0.717, 1.165) is 4.88 Å². The van der Waals surface area contributed by atoms with E-state index in [0.29, 0.717) is 22.2 Å². The molecule has 2 aromatic heterocycles. The summed E-state index contributed by atoms with van der Waals surface area (Å²) in [6.45, 7) is 1.79. The van der Waals surface area contributed by atoms with Gasteiger partial charge in [0.25, 0.3) is 0 Å². The molecule has 24 heavy (non-hydrogen) atoms. The van der Waals surface area contributed by atoms with Crippen molar-refractivity contribution in [3.8, 4) is 16.8 Å². The highest BCUT2D eigenvalue weighted by molar-refractivity contribution is 8.00. The summed E-state index contributed by atoms with van der Waals surface area (Å²) < 4.78 is 0. The lowest BCUT2D eigenvalue weighted by Crippen LogP contribution is -2.22. The van der Waals surface area contributed by atoms with Gasteiger partial charge < -0.3 is 5.32 Å². The van der Waals surface area contributed by atoms with Crippen LogP contribution in [0.2, 0.25) is 0 Å². The monoisotopic (exact) mass is 355 g/mol. The van der Waals surface area contributed by atoms with Crippen molar-refractivity contribution < 1.29 is 4.79 Å². The van der Waals surface area contributed by atoms with Crippen LogP contribution >= 0.6 is 23.1 Å². The number of H-pyrrole nitrogens is 1. The molecule has 0 radical (unpaired) electrons. The number of nitrogens with zero attached hydrogens (tertiary/aromatic N) is 3. The number of anilines is 1. The maximum absolute atomic E-state index is 12.3. The number of aromatic amines is 1. The molecule has 0 bridgehead atoms. The average Bonchev–Trinajstić information content (AvgIpc) is 3.26. The summed E-state index contributed by atoms with van der Waals surface area (Å²) in [4.78, 5) is 17.7. The number of hydrogen-bond acceptors (Lipinski definition) is 6. The van der Waals surface area contributed by atoms with Crippen LogP contribution in [0.3, 0.4) is 0 Å². The maximum Gasteiger partial charge on any atom is 0.237 e. The van der Waals surface area contributed by atoms with Crippen molar-refractivity contribution in [2.24, 2.45) is 0 Å². The molecule has 0 aliphatic heterocycles. The molecule has 0 spiro atoms. The Morgan fingerprint density at radius 3 is 3.04 bits per heavy atom. The Morgan fingerprint density at radius 2 is 2.29 bits per heavy atom. The number of thiophene rings is 1. The van der Waals surface area contributed by atoms with Crippen LogP contribution in [-0.2, 0) is 4.79 Å². The Morgan fingerprint density at radius 1 is 1.42 bits per heavy atom. The zero-order valence-electron chi connectivity index (χ0n) is 12.7. The van der Waals surface area contributed by atoms with Gasteiger partial charge in [0.05, 0.1) is 21.8 Å². The summed E-state index contributed by atoms with van der Waals surface area (Å²) in [7, 11) is 0. The van der Waals surface area contributed by atoms with Crippen LogP contribution in [0.4, 0.5) is 5.69 Å². The summed E-state index contributed by atoms with van der Waals surface area (Å²) in [6, 6.07) is 12.8. The van der Waals surface area contributed by atoms with Crippen molar-refractivity contribution in [2.45, 2.75) is 17.3 Å². The number of carbonyl (C=O) groups excluding carboxylic acids is 1. The zero-order chi connectivity index (χ0) is 16.9. The van der Waals surface area contributed by atoms with Crippen molar-refractivity contribution in [1.29, 1.82) is 5.26 Å². The van der Waals surface area contributed by atoms with E-state index in [1.807, 2.05) is 23.6 Å². The topological polar surface area (TPSA) is 94.5 Å². The molecule has 1 aromatic carbocycles. The van der Waals surface area contributed by atoms with Crippen molar-refractivity contribution in [3.05, 3.63) is 47.3 Å². The summed E-state index contributed by atoms with van der Waals surface area (Å²) in [5.74, 6) is 0.527. The molecule has 6 nitrogen and oxygen atoms in total. The van der Waals surface area contributed by atoms with E-state index in [9.17, 15) is 4.79 Å². The molecule has 0 unspecified atom stereocenters. The second kappa shape index (κ2) is 7.29. The molecule has 120 valence electrons. The molecule has 1 amide bonds. The van der Waals surface area contributed by atoms with Crippen LogP contribution in [0.1, 0.15) is 12.5 Å². The lowest BCUT2D eigenvalue weighted by Gasteiger charge is -2.10. The third kappa shape index (κ3) is 3.82. The lowest BCUT2D eigenvalue weighted by atomic mass is 10.2. The molecule has 0 aliphatic rings. The summed E-state index contributed by atoms with van der Waals surface area (Å²) in [5.41, 5.74) is 1.10. The van der Waals surface area contributed by atoms with Gasteiger partial charge in [-0.1, -0.05) is 23.9 Å². The number of nitrogens with one attached hydrogen (secondary N) is 2. The Kier molecular flexibility index (Phi) is 4.93. The number of carbonyl (C=O) groups is 1. The molecule has 0 saturated heterocycles. The second-order valence-corrected chi connectivity index (χ2v) is 7.14. The number of hydrogen-bond donors (Lipinski definition) is 2. The largest absolute Gasteiger partial charge is 0.325 e. The number of nitriles is 1. The molecular weight excluding hydrogens is 342 g/mol. The van der Waals surface area contributed by atoms with Crippen molar-refractivity contribution in [3.63, 3.8) is 0 Å². The lowest BCUT2D eigenvalue weighted by molar-refractivity contribution is -0.115. The van der Waals surface area contributed by atoms with Crippen molar-refractivity contribution >= 4 is 34.7 Å². The van der Waals surface area contributed by atoms with E-state index < -0.39 is 0 Å². The van der Waals surface area contributed by atoms with E-state index in [4.69, 9.17) is 5.26 Å². The highest BCUT2D eigenvalue weighted by atomic mass is 32.2. The third-order valence-electron chi connectivity index (χ3n) is 3.13. The first-order chi connectivity index (χ1) is 11.7. The fourth-order valence-corrected chi connectivity index (χ4v) is 3.33. The molecule has 3 rings (SSSR count).